The molecule has 3 aromatic rings. The number of fused-ring (bicyclic) bond motifs is 1. The summed E-state index contributed by atoms with van der Waals surface area (Å²) in [6, 6.07) is 9.78. The number of halogens is 4. The van der Waals surface area contributed by atoms with Crippen LogP contribution in [-0.2, 0) is 11.0 Å². The lowest BCUT2D eigenvalue weighted by atomic mass is 9.95. The average Bonchev–Trinajstić information content (AvgIpc) is 3.16. The van der Waals surface area contributed by atoms with Gasteiger partial charge in [0.1, 0.15) is 5.69 Å². The Morgan fingerprint density at radius 2 is 2.03 bits per heavy atom. The summed E-state index contributed by atoms with van der Waals surface area (Å²) in [6.45, 7) is 0.669. The van der Waals surface area contributed by atoms with Crippen LogP contribution in [0.1, 0.15) is 30.1 Å². The fraction of sp³-hybridized carbons (Fsp3) is 0.333. The molecule has 1 aliphatic rings. The Bertz CT molecular complexity index is 1060. The number of carbonyl (C=O) groups is 1. The van der Waals surface area contributed by atoms with Crippen molar-refractivity contribution in [2.75, 3.05) is 19.7 Å². The Hall–Kier alpha value is -3.10. The normalized spacial score (nSPS) is 17.3. The van der Waals surface area contributed by atoms with Crippen LogP contribution < -0.4 is 4.74 Å². The Morgan fingerprint density at radius 1 is 1.23 bits per heavy atom. The van der Waals surface area contributed by atoms with Crippen LogP contribution in [0, 0.1) is 5.82 Å². The van der Waals surface area contributed by atoms with Crippen LogP contribution in [0.3, 0.4) is 0 Å². The van der Waals surface area contributed by atoms with Gasteiger partial charge in [-0.15, -0.1) is 0 Å². The first-order valence-corrected chi connectivity index (χ1v) is 9.53. The summed E-state index contributed by atoms with van der Waals surface area (Å²) in [5.41, 5.74) is 0.561. The number of hydrogen-bond donors (Lipinski definition) is 1. The number of rotatable bonds is 4. The monoisotopic (exact) mass is 421 g/mol. The standard InChI is InChI=1S/C21H19F4N3O2/c22-14-5-1-2-6-18(14)30-12-20(29)28-9-3-4-13(11-28)16-10-17-15(26-16)7-8-19(27-17)21(23,24)25/h1-2,5-8,10,13,26H,3-4,9,11-12H2. The van der Waals surface area contributed by atoms with E-state index in [1.54, 1.807) is 17.0 Å². The lowest BCUT2D eigenvalue weighted by Crippen LogP contribution is -2.41. The van der Waals surface area contributed by atoms with Crippen LogP contribution in [-0.4, -0.2) is 40.5 Å². The van der Waals surface area contributed by atoms with Crippen molar-refractivity contribution in [3.05, 3.63) is 59.7 Å². The zero-order chi connectivity index (χ0) is 21.3. The molecule has 1 aliphatic heterocycles. The smallest absolute Gasteiger partial charge is 0.433 e. The van der Waals surface area contributed by atoms with Gasteiger partial charge in [0, 0.05) is 24.7 Å². The first-order chi connectivity index (χ1) is 14.3. The number of hydrogen-bond acceptors (Lipinski definition) is 3. The molecule has 158 valence electrons. The maximum Gasteiger partial charge on any atom is 0.433 e. The Balaban J connectivity index is 1.44. The molecule has 1 unspecified atom stereocenters. The molecule has 1 saturated heterocycles. The zero-order valence-corrected chi connectivity index (χ0v) is 15.9. The Labute approximate surface area is 169 Å². The second kappa shape index (κ2) is 7.97. The van der Waals surface area contributed by atoms with Crippen LogP contribution in [0.5, 0.6) is 5.75 Å². The largest absolute Gasteiger partial charge is 0.481 e. The van der Waals surface area contributed by atoms with E-state index in [2.05, 4.69) is 9.97 Å². The molecule has 0 aliphatic carbocycles. The van der Waals surface area contributed by atoms with E-state index in [1.165, 1.54) is 24.3 Å². The number of nitrogens with zero attached hydrogens (tertiary/aromatic N) is 2. The molecule has 1 N–H and O–H groups in total. The molecule has 5 nitrogen and oxygen atoms in total. The minimum Gasteiger partial charge on any atom is -0.481 e. The lowest BCUT2D eigenvalue weighted by molar-refractivity contribution is -0.141. The highest BCUT2D eigenvalue weighted by atomic mass is 19.4. The molecular weight excluding hydrogens is 402 g/mol. The van der Waals surface area contributed by atoms with Crippen molar-refractivity contribution in [2.24, 2.45) is 0 Å². The fourth-order valence-corrected chi connectivity index (χ4v) is 3.66. The number of benzene rings is 1. The van der Waals surface area contributed by atoms with E-state index in [4.69, 9.17) is 4.74 Å². The van der Waals surface area contributed by atoms with Crippen molar-refractivity contribution in [1.29, 1.82) is 0 Å². The summed E-state index contributed by atoms with van der Waals surface area (Å²) in [4.78, 5) is 21.0. The number of aromatic amines is 1. The second-order valence-corrected chi connectivity index (χ2v) is 7.25. The summed E-state index contributed by atoms with van der Waals surface area (Å²) in [7, 11) is 0. The van der Waals surface area contributed by atoms with Gasteiger partial charge in [-0.1, -0.05) is 12.1 Å². The van der Waals surface area contributed by atoms with Crippen molar-refractivity contribution in [3.63, 3.8) is 0 Å². The van der Waals surface area contributed by atoms with Crippen molar-refractivity contribution in [3.8, 4) is 5.75 Å². The van der Waals surface area contributed by atoms with Gasteiger partial charge in [0.15, 0.2) is 18.2 Å². The minimum atomic E-state index is -4.50. The number of likely N-dealkylation sites (tertiary alicyclic amines) is 1. The predicted molar refractivity (Wildman–Crippen MR) is 102 cm³/mol. The van der Waals surface area contributed by atoms with Gasteiger partial charge in [0.25, 0.3) is 5.91 Å². The molecular formula is C21H19F4N3O2. The maximum absolute atomic E-state index is 13.6. The maximum atomic E-state index is 13.6. The van der Waals surface area contributed by atoms with Gasteiger partial charge >= 0.3 is 6.18 Å². The fourth-order valence-electron chi connectivity index (χ4n) is 3.66. The first kappa shape index (κ1) is 20.2. The number of alkyl halides is 3. The third-order valence-corrected chi connectivity index (χ3v) is 5.19. The van der Waals surface area contributed by atoms with E-state index in [0.29, 0.717) is 18.6 Å². The van der Waals surface area contributed by atoms with Gasteiger partial charge in [-0.25, -0.2) is 9.37 Å². The highest BCUT2D eigenvalue weighted by molar-refractivity contribution is 5.78. The molecule has 9 heteroatoms. The van der Waals surface area contributed by atoms with Crippen molar-refractivity contribution < 1.29 is 27.1 Å². The van der Waals surface area contributed by atoms with E-state index in [1.807, 2.05) is 0 Å². The third-order valence-electron chi connectivity index (χ3n) is 5.19. The zero-order valence-electron chi connectivity index (χ0n) is 15.9. The average molecular weight is 421 g/mol. The van der Waals surface area contributed by atoms with E-state index in [0.717, 1.165) is 24.6 Å². The highest BCUT2D eigenvalue weighted by Gasteiger charge is 2.33. The lowest BCUT2D eigenvalue weighted by Gasteiger charge is -2.32. The summed E-state index contributed by atoms with van der Waals surface area (Å²) in [5.74, 6) is -0.844. The molecule has 0 bridgehead atoms. The van der Waals surface area contributed by atoms with E-state index < -0.39 is 17.7 Å². The molecule has 1 atom stereocenters. The third kappa shape index (κ3) is 4.24. The molecule has 1 aromatic carbocycles. The number of nitrogens with one attached hydrogen (secondary N) is 1. The van der Waals surface area contributed by atoms with Crippen LogP contribution >= 0.6 is 0 Å². The highest BCUT2D eigenvalue weighted by Crippen LogP contribution is 2.32. The predicted octanol–water partition coefficient (Wildman–Crippen LogP) is 4.51. The van der Waals surface area contributed by atoms with Gasteiger partial charge in [-0.2, -0.15) is 13.2 Å². The number of aromatic nitrogens is 2. The molecule has 0 saturated carbocycles. The van der Waals surface area contributed by atoms with Gasteiger partial charge in [0.2, 0.25) is 0 Å². The summed E-state index contributed by atoms with van der Waals surface area (Å²) in [6.07, 6.45) is -2.97. The van der Waals surface area contributed by atoms with E-state index >= 15 is 0 Å². The number of H-pyrrole nitrogens is 1. The van der Waals surface area contributed by atoms with Gasteiger partial charge in [-0.05, 0) is 43.2 Å². The Kier molecular flexibility index (Phi) is 5.36. The number of para-hydroxylation sites is 1. The number of carbonyl (C=O) groups excluding carboxylic acids is 1. The number of ether oxygens (including phenoxy) is 1. The SMILES string of the molecule is O=C(COc1ccccc1F)N1CCCC(c2cc3nc(C(F)(F)F)ccc3[nH]2)C1. The number of amides is 1. The van der Waals surface area contributed by atoms with E-state index in [-0.39, 0.29) is 29.7 Å². The molecule has 30 heavy (non-hydrogen) atoms. The Morgan fingerprint density at radius 3 is 2.80 bits per heavy atom. The van der Waals surface area contributed by atoms with Crippen molar-refractivity contribution in [1.82, 2.24) is 14.9 Å². The molecule has 0 spiro atoms. The van der Waals surface area contributed by atoms with Gasteiger partial charge < -0.3 is 14.6 Å². The van der Waals surface area contributed by atoms with Crippen LogP contribution in [0.25, 0.3) is 11.0 Å². The second-order valence-electron chi connectivity index (χ2n) is 7.25. The van der Waals surface area contributed by atoms with Crippen molar-refractivity contribution >= 4 is 16.9 Å². The molecule has 0 radical (unpaired) electrons. The first-order valence-electron chi connectivity index (χ1n) is 9.53. The summed E-state index contributed by atoms with van der Waals surface area (Å²) >= 11 is 0. The molecule has 1 fully saturated rings. The quantitative estimate of drug-likeness (QED) is 0.631. The molecule has 1 amide bonds. The van der Waals surface area contributed by atoms with Crippen LogP contribution in [0.15, 0.2) is 42.5 Å². The van der Waals surface area contributed by atoms with Crippen LogP contribution in [0.2, 0.25) is 0 Å². The minimum absolute atomic E-state index is 0.0153. The van der Waals surface area contributed by atoms with Crippen LogP contribution in [0.4, 0.5) is 17.6 Å². The molecule has 4 rings (SSSR count). The summed E-state index contributed by atoms with van der Waals surface area (Å²) in [5, 5.41) is 0. The number of pyridine rings is 1. The van der Waals surface area contributed by atoms with Gasteiger partial charge in [0.05, 0.1) is 11.0 Å². The van der Waals surface area contributed by atoms with Gasteiger partial charge in [-0.3, -0.25) is 4.79 Å². The van der Waals surface area contributed by atoms with Crippen molar-refractivity contribution in [2.45, 2.75) is 24.9 Å². The van der Waals surface area contributed by atoms with E-state index in [9.17, 15) is 22.4 Å². The molecule has 2 aromatic heterocycles. The molecule has 3 heterocycles. The topological polar surface area (TPSA) is 58.2 Å². The summed E-state index contributed by atoms with van der Waals surface area (Å²) < 4.78 is 57.6. The number of piperidine rings is 1.